The van der Waals surface area contributed by atoms with Crippen molar-refractivity contribution >= 4 is 23.2 Å². The van der Waals surface area contributed by atoms with Gasteiger partial charge in [-0.05, 0) is 18.6 Å². The summed E-state index contributed by atoms with van der Waals surface area (Å²) in [7, 11) is 0. The Bertz CT molecular complexity index is 535. The molecule has 3 heteroatoms. The van der Waals surface area contributed by atoms with Crippen molar-refractivity contribution in [2.24, 2.45) is 0 Å². The van der Waals surface area contributed by atoms with Crippen LogP contribution in [0.1, 0.15) is 16.7 Å². The number of hydrogen-bond acceptors (Lipinski definition) is 0. The van der Waals surface area contributed by atoms with Gasteiger partial charge >= 0.3 is 0 Å². The predicted molar refractivity (Wildman–Crippen MR) is 70.1 cm³/mol. The molecule has 0 N–H and O–H groups in total. The van der Waals surface area contributed by atoms with Crippen LogP contribution in [-0.4, -0.2) is 0 Å². The second-order valence-electron chi connectivity index (χ2n) is 3.92. The Morgan fingerprint density at radius 1 is 1.00 bits per heavy atom. The molecule has 2 rings (SSSR count). The summed E-state index contributed by atoms with van der Waals surface area (Å²) in [6.45, 7) is 1.94. The standard InChI is InChI=1S/C14H11Cl2F/c1-10-5-4-6-11(9-10)14(15,16)12-7-2-3-8-13(12)17/h2-9H,1H3. The van der Waals surface area contributed by atoms with E-state index in [1.54, 1.807) is 24.3 Å². The molecule has 0 bridgehead atoms. The molecule has 0 heterocycles. The fourth-order valence-corrected chi connectivity index (χ4v) is 2.25. The van der Waals surface area contributed by atoms with Gasteiger partial charge in [-0.25, -0.2) is 4.39 Å². The van der Waals surface area contributed by atoms with E-state index in [0.29, 0.717) is 5.56 Å². The average Bonchev–Trinajstić information content (AvgIpc) is 2.29. The number of hydrogen-bond donors (Lipinski definition) is 0. The minimum atomic E-state index is -1.36. The fourth-order valence-electron chi connectivity index (χ4n) is 1.71. The number of alkyl halides is 2. The number of halogens is 3. The second-order valence-corrected chi connectivity index (χ2v) is 5.25. The molecule has 0 amide bonds. The molecule has 17 heavy (non-hydrogen) atoms. The van der Waals surface area contributed by atoms with Crippen LogP contribution < -0.4 is 0 Å². The van der Waals surface area contributed by atoms with Gasteiger partial charge in [0.15, 0.2) is 4.33 Å². The van der Waals surface area contributed by atoms with Crippen molar-refractivity contribution in [1.29, 1.82) is 0 Å². The maximum absolute atomic E-state index is 13.7. The van der Waals surface area contributed by atoms with E-state index in [1.807, 2.05) is 25.1 Å². The van der Waals surface area contributed by atoms with Gasteiger partial charge in [0.05, 0.1) is 0 Å². The Labute approximate surface area is 110 Å². The highest BCUT2D eigenvalue weighted by atomic mass is 35.5. The van der Waals surface area contributed by atoms with E-state index in [-0.39, 0.29) is 5.56 Å². The molecule has 0 aliphatic rings. The monoisotopic (exact) mass is 268 g/mol. The van der Waals surface area contributed by atoms with Crippen LogP contribution in [0, 0.1) is 12.7 Å². The van der Waals surface area contributed by atoms with Crippen LogP contribution in [0.4, 0.5) is 4.39 Å². The quantitative estimate of drug-likeness (QED) is 0.686. The van der Waals surface area contributed by atoms with E-state index >= 15 is 0 Å². The van der Waals surface area contributed by atoms with E-state index < -0.39 is 10.2 Å². The molecule has 0 spiro atoms. The van der Waals surface area contributed by atoms with Crippen molar-refractivity contribution in [1.82, 2.24) is 0 Å². The zero-order valence-electron chi connectivity index (χ0n) is 9.25. The highest BCUT2D eigenvalue weighted by Crippen LogP contribution is 2.41. The number of aryl methyl sites for hydroxylation is 1. The van der Waals surface area contributed by atoms with Crippen molar-refractivity contribution in [3.8, 4) is 0 Å². The molecule has 0 nitrogen and oxygen atoms in total. The van der Waals surface area contributed by atoms with Gasteiger partial charge in [-0.15, -0.1) is 0 Å². The summed E-state index contributed by atoms with van der Waals surface area (Å²) in [4.78, 5) is 0. The van der Waals surface area contributed by atoms with Crippen LogP contribution in [0.15, 0.2) is 48.5 Å². The van der Waals surface area contributed by atoms with E-state index in [0.717, 1.165) is 5.56 Å². The molecule has 88 valence electrons. The molecule has 0 aromatic heterocycles. The van der Waals surface area contributed by atoms with Crippen LogP contribution in [0.25, 0.3) is 0 Å². The van der Waals surface area contributed by atoms with Crippen molar-refractivity contribution in [2.45, 2.75) is 11.3 Å². The molecule has 0 saturated heterocycles. The number of rotatable bonds is 2. The summed E-state index contributed by atoms with van der Waals surface area (Å²) in [5, 5.41) is 0. The zero-order chi connectivity index (χ0) is 12.5. The lowest BCUT2D eigenvalue weighted by Crippen LogP contribution is -2.14. The van der Waals surface area contributed by atoms with Crippen LogP contribution in [-0.2, 0) is 4.33 Å². The summed E-state index contributed by atoms with van der Waals surface area (Å²) in [5.74, 6) is -0.404. The predicted octanol–water partition coefficient (Wildman–Crippen LogP) is 4.81. The molecule has 0 aliphatic heterocycles. The first-order valence-electron chi connectivity index (χ1n) is 5.22. The lowest BCUT2D eigenvalue weighted by Gasteiger charge is -2.21. The third-order valence-electron chi connectivity index (χ3n) is 2.59. The minimum Gasteiger partial charge on any atom is -0.207 e. The van der Waals surface area contributed by atoms with Crippen LogP contribution in [0.5, 0.6) is 0 Å². The molecule has 0 aliphatic carbocycles. The average molecular weight is 269 g/mol. The van der Waals surface area contributed by atoms with Crippen molar-refractivity contribution in [3.63, 3.8) is 0 Å². The molecular weight excluding hydrogens is 258 g/mol. The third-order valence-corrected chi connectivity index (χ3v) is 3.44. The first-order valence-corrected chi connectivity index (χ1v) is 5.97. The van der Waals surface area contributed by atoms with Crippen LogP contribution in [0.2, 0.25) is 0 Å². The van der Waals surface area contributed by atoms with Gasteiger partial charge < -0.3 is 0 Å². The molecule has 0 fully saturated rings. The Hall–Kier alpha value is -1.05. The summed E-state index contributed by atoms with van der Waals surface area (Å²) >= 11 is 12.6. The summed E-state index contributed by atoms with van der Waals surface area (Å²) in [6, 6.07) is 13.7. The highest BCUT2D eigenvalue weighted by molar-refractivity contribution is 6.50. The largest absolute Gasteiger partial charge is 0.207 e. The van der Waals surface area contributed by atoms with E-state index in [2.05, 4.69) is 0 Å². The molecule has 2 aromatic carbocycles. The Balaban J connectivity index is 2.53. The fraction of sp³-hybridized carbons (Fsp3) is 0.143. The van der Waals surface area contributed by atoms with Crippen molar-refractivity contribution in [2.75, 3.05) is 0 Å². The van der Waals surface area contributed by atoms with Crippen LogP contribution in [0.3, 0.4) is 0 Å². The zero-order valence-corrected chi connectivity index (χ0v) is 10.8. The Kier molecular flexibility index (Phi) is 3.41. The van der Waals surface area contributed by atoms with Gasteiger partial charge in [-0.3, -0.25) is 0 Å². The highest BCUT2D eigenvalue weighted by Gasteiger charge is 2.31. The molecule has 0 unspecified atom stereocenters. The smallest absolute Gasteiger partial charge is 0.170 e. The van der Waals surface area contributed by atoms with Crippen molar-refractivity contribution < 1.29 is 4.39 Å². The molecule has 0 saturated carbocycles. The third kappa shape index (κ3) is 2.46. The maximum atomic E-state index is 13.7. The van der Waals surface area contributed by atoms with Crippen LogP contribution >= 0.6 is 23.2 Å². The molecule has 0 atom stereocenters. The van der Waals surface area contributed by atoms with E-state index in [9.17, 15) is 4.39 Å². The lowest BCUT2D eigenvalue weighted by atomic mass is 10.0. The van der Waals surface area contributed by atoms with Gasteiger partial charge in [0.1, 0.15) is 5.82 Å². The van der Waals surface area contributed by atoms with Crippen molar-refractivity contribution in [3.05, 3.63) is 71.0 Å². The summed E-state index contributed by atoms with van der Waals surface area (Å²) < 4.78 is 12.3. The van der Waals surface area contributed by atoms with Gasteiger partial charge in [-0.2, -0.15) is 0 Å². The first-order chi connectivity index (χ1) is 8.01. The van der Waals surface area contributed by atoms with Gasteiger partial charge in [-0.1, -0.05) is 71.2 Å². The Morgan fingerprint density at radius 2 is 1.71 bits per heavy atom. The molecule has 2 aromatic rings. The van der Waals surface area contributed by atoms with Gasteiger partial charge in [0, 0.05) is 5.56 Å². The second kappa shape index (κ2) is 4.67. The summed E-state index contributed by atoms with van der Waals surface area (Å²) in [6.07, 6.45) is 0. The van der Waals surface area contributed by atoms with E-state index in [1.165, 1.54) is 6.07 Å². The van der Waals surface area contributed by atoms with E-state index in [4.69, 9.17) is 23.2 Å². The Morgan fingerprint density at radius 3 is 2.35 bits per heavy atom. The first kappa shape index (κ1) is 12.4. The van der Waals surface area contributed by atoms with Gasteiger partial charge in [0.2, 0.25) is 0 Å². The normalized spacial score (nSPS) is 11.5. The summed E-state index contributed by atoms with van der Waals surface area (Å²) in [5.41, 5.74) is 1.98. The molecular formula is C14H11Cl2F. The molecule has 0 radical (unpaired) electrons. The lowest BCUT2D eigenvalue weighted by molar-refractivity contribution is 0.608. The SMILES string of the molecule is Cc1cccc(C(Cl)(Cl)c2ccccc2F)c1. The minimum absolute atomic E-state index is 0.272. The van der Waals surface area contributed by atoms with Gasteiger partial charge in [0.25, 0.3) is 0 Å². The number of benzene rings is 2. The topological polar surface area (TPSA) is 0 Å². The maximum Gasteiger partial charge on any atom is 0.170 e.